The Labute approximate surface area is 155 Å². The lowest BCUT2D eigenvalue weighted by Crippen LogP contribution is -2.48. The summed E-state index contributed by atoms with van der Waals surface area (Å²) >= 11 is 0. The summed E-state index contributed by atoms with van der Waals surface area (Å²) in [6.07, 6.45) is 0.587. The number of aryl methyl sites for hydroxylation is 1. The summed E-state index contributed by atoms with van der Waals surface area (Å²) in [5.74, 6) is 1.38. The number of hydrogen-bond donors (Lipinski definition) is 0. The molecule has 26 heavy (non-hydrogen) atoms. The number of likely N-dealkylation sites (N-methyl/N-ethyl adjacent to an activating group) is 1. The maximum atomic E-state index is 12.8. The van der Waals surface area contributed by atoms with Crippen molar-refractivity contribution in [3.8, 4) is 0 Å². The van der Waals surface area contributed by atoms with Gasteiger partial charge in [0.2, 0.25) is 0 Å². The number of aromatic nitrogens is 2. The molecular formula is C17H27N5O3S. The molecule has 2 aliphatic rings. The van der Waals surface area contributed by atoms with Gasteiger partial charge in [0.05, 0.1) is 11.5 Å². The van der Waals surface area contributed by atoms with E-state index in [1.807, 2.05) is 16.8 Å². The van der Waals surface area contributed by atoms with Gasteiger partial charge in [-0.15, -0.1) is 0 Å². The molecule has 9 heteroatoms. The molecule has 1 atom stereocenters. The van der Waals surface area contributed by atoms with Crippen LogP contribution in [0.2, 0.25) is 0 Å². The number of nitrogens with zero attached hydrogens (tertiary/aromatic N) is 5. The van der Waals surface area contributed by atoms with Gasteiger partial charge in [-0.05, 0) is 19.9 Å². The first-order chi connectivity index (χ1) is 12.3. The van der Waals surface area contributed by atoms with E-state index in [4.69, 9.17) is 0 Å². The second kappa shape index (κ2) is 7.48. The van der Waals surface area contributed by atoms with Crippen molar-refractivity contribution in [3.05, 3.63) is 17.6 Å². The molecule has 144 valence electrons. The Morgan fingerprint density at radius 3 is 2.54 bits per heavy atom. The van der Waals surface area contributed by atoms with Gasteiger partial charge >= 0.3 is 0 Å². The molecule has 0 N–H and O–H groups in total. The van der Waals surface area contributed by atoms with Crippen LogP contribution in [0.1, 0.15) is 29.7 Å². The number of hydrogen-bond acceptors (Lipinski definition) is 7. The van der Waals surface area contributed by atoms with Crippen molar-refractivity contribution in [3.63, 3.8) is 0 Å². The van der Waals surface area contributed by atoms with Crippen molar-refractivity contribution < 1.29 is 13.2 Å². The SMILES string of the molecule is CCN1CCN(C(=O)c2cc(N(C)C3CCS(=O)(=O)C3)nc(C)n2)CC1. The van der Waals surface area contributed by atoms with Crippen molar-refractivity contribution in [1.29, 1.82) is 0 Å². The van der Waals surface area contributed by atoms with Crippen LogP contribution in [0.15, 0.2) is 6.07 Å². The average Bonchev–Trinajstić information content (AvgIpc) is 2.99. The molecule has 0 bridgehead atoms. The summed E-state index contributed by atoms with van der Waals surface area (Å²) < 4.78 is 23.5. The number of anilines is 1. The van der Waals surface area contributed by atoms with Crippen molar-refractivity contribution >= 4 is 21.6 Å². The lowest BCUT2D eigenvalue weighted by atomic mass is 10.2. The van der Waals surface area contributed by atoms with Crippen LogP contribution >= 0.6 is 0 Å². The van der Waals surface area contributed by atoms with Crippen LogP contribution in [0.5, 0.6) is 0 Å². The summed E-state index contributed by atoms with van der Waals surface area (Å²) in [6, 6.07) is 1.58. The maximum Gasteiger partial charge on any atom is 0.272 e. The molecular weight excluding hydrogens is 354 g/mol. The molecule has 3 rings (SSSR count). The van der Waals surface area contributed by atoms with Gasteiger partial charge in [-0.2, -0.15) is 0 Å². The topological polar surface area (TPSA) is 86.7 Å². The number of sulfone groups is 1. The van der Waals surface area contributed by atoms with Crippen LogP contribution in [0.3, 0.4) is 0 Å². The van der Waals surface area contributed by atoms with E-state index in [1.165, 1.54) is 0 Å². The van der Waals surface area contributed by atoms with Crippen LogP contribution in [-0.4, -0.2) is 91.4 Å². The highest BCUT2D eigenvalue weighted by molar-refractivity contribution is 7.91. The first kappa shape index (κ1) is 19.0. The van der Waals surface area contributed by atoms with E-state index in [2.05, 4.69) is 21.8 Å². The fourth-order valence-electron chi connectivity index (χ4n) is 3.54. The Balaban J connectivity index is 1.76. The quantitative estimate of drug-likeness (QED) is 0.736. The molecule has 8 nitrogen and oxygen atoms in total. The normalized spacial score (nSPS) is 23.2. The van der Waals surface area contributed by atoms with Gasteiger partial charge in [0, 0.05) is 45.3 Å². The van der Waals surface area contributed by atoms with Gasteiger partial charge in [0.15, 0.2) is 9.84 Å². The summed E-state index contributed by atoms with van der Waals surface area (Å²) in [5, 5.41) is 0. The van der Waals surface area contributed by atoms with Gasteiger partial charge < -0.3 is 14.7 Å². The molecule has 0 spiro atoms. The molecule has 2 fully saturated rings. The summed E-state index contributed by atoms with van der Waals surface area (Å²) in [5.41, 5.74) is 0.380. The van der Waals surface area contributed by atoms with Gasteiger partial charge in [0.25, 0.3) is 5.91 Å². The molecule has 3 heterocycles. The van der Waals surface area contributed by atoms with Crippen LogP contribution in [0.4, 0.5) is 5.82 Å². The minimum Gasteiger partial charge on any atom is -0.356 e. The Morgan fingerprint density at radius 2 is 1.96 bits per heavy atom. The molecule has 0 aromatic carbocycles. The molecule has 2 aliphatic heterocycles. The highest BCUT2D eigenvalue weighted by atomic mass is 32.2. The molecule has 2 saturated heterocycles. The van der Waals surface area contributed by atoms with Crippen molar-refractivity contribution in [1.82, 2.24) is 19.8 Å². The van der Waals surface area contributed by atoms with Gasteiger partial charge in [-0.1, -0.05) is 6.92 Å². The van der Waals surface area contributed by atoms with E-state index >= 15 is 0 Å². The first-order valence-electron chi connectivity index (χ1n) is 9.09. The maximum absolute atomic E-state index is 12.8. The molecule has 1 unspecified atom stereocenters. The van der Waals surface area contributed by atoms with Crippen LogP contribution in [0.25, 0.3) is 0 Å². The van der Waals surface area contributed by atoms with Crippen molar-refractivity contribution in [2.45, 2.75) is 26.3 Å². The molecule has 1 aromatic heterocycles. The van der Waals surface area contributed by atoms with Crippen LogP contribution in [-0.2, 0) is 9.84 Å². The van der Waals surface area contributed by atoms with E-state index in [0.29, 0.717) is 36.8 Å². The minimum atomic E-state index is -2.97. The largest absolute Gasteiger partial charge is 0.356 e. The third kappa shape index (κ3) is 4.15. The van der Waals surface area contributed by atoms with Gasteiger partial charge in [-0.25, -0.2) is 18.4 Å². The number of carbonyl (C=O) groups is 1. The predicted molar refractivity (Wildman–Crippen MR) is 100 cm³/mol. The standard InChI is InChI=1S/C17H27N5O3S/c1-4-21-6-8-22(9-7-21)17(23)15-11-16(19-13(2)18-15)20(3)14-5-10-26(24,25)12-14/h11,14H,4-10,12H2,1-3H3. The first-order valence-corrected chi connectivity index (χ1v) is 10.9. The summed E-state index contributed by atoms with van der Waals surface area (Å²) in [4.78, 5) is 27.6. The zero-order chi connectivity index (χ0) is 18.9. The Morgan fingerprint density at radius 1 is 1.27 bits per heavy atom. The summed E-state index contributed by atoms with van der Waals surface area (Å²) in [6.45, 7) is 8.01. The number of rotatable bonds is 4. The Kier molecular flexibility index (Phi) is 5.47. The second-order valence-electron chi connectivity index (χ2n) is 7.05. The van der Waals surface area contributed by atoms with Crippen LogP contribution < -0.4 is 4.90 Å². The molecule has 0 radical (unpaired) electrons. The van der Waals surface area contributed by atoms with Gasteiger partial charge in [-0.3, -0.25) is 4.79 Å². The molecule has 1 amide bonds. The molecule has 1 aromatic rings. The highest BCUT2D eigenvalue weighted by Crippen LogP contribution is 2.22. The number of piperazine rings is 1. The zero-order valence-corrected chi connectivity index (χ0v) is 16.5. The Hall–Kier alpha value is -1.74. The van der Waals surface area contributed by atoms with E-state index in [-0.39, 0.29) is 23.5 Å². The Bertz CT molecular complexity index is 775. The molecule has 0 aliphatic carbocycles. The van der Waals surface area contributed by atoms with E-state index in [0.717, 1.165) is 19.6 Å². The number of amides is 1. The lowest BCUT2D eigenvalue weighted by Gasteiger charge is -2.34. The molecule has 0 saturated carbocycles. The average molecular weight is 382 g/mol. The number of carbonyl (C=O) groups excluding carboxylic acids is 1. The zero-order valence-electron chi connectivity index (χ0n) is 15.7. The van der Waals surface area contributed by atoms with Gasteiger partial charge in [0.1, 0.15) is 17.3 Å². The smallest absolute Gasteiger partial charge is 0.272 e. The third-order valence-electron chi connectivity index (χ3n) is 5.27. The van der Waals surface area contributed by atoms with Crippen molar-refractivity contribution in [2.75, 3.05) is 56.2 Å². The fraction of sp³-hybridized carbons (Fsp3) is 0.706. The van der Waals surface area contributed by atoms with Crippen LogP contribution in [0, 0.1) is 6.92 Å². The van der Waals surface area contributed by atoms with E-state index < -0.39 is 9.84 Å². The highest BCUT2D eigenvalue weighted by Gasteiger charge is 2.32. The van der Waals surface area contributed by atoms with E-state index in [1.54, 1.807) is 13.0 Å². The predicted octanol–water partition coefficient (Wildman–Crippen LogP) is 0.186. The third-order valence-corrected chi connectivity index (χ3v) is 7.02. The summed E-state index contributed by atoms with van der Waals surface area (Å²) in [7, 11) is -1.14. The monoisotopic (exact) mass is 381 g/mol. The second-order valence-corrected chi connectivity index (χ2v) is 9.28. The lowest BCUT2D eigenvalue weighted by molar-refractivity contribution is 0.0637. The fourth-order valence-corrected chi connectivity index (χ4v) is 5.31. The van der Waals surface area contributed by atoms with E-state index in [9.17, 15) is 13.2 Å². The minimum absolute atomic E-state index is 0.0834. The van der Waals surface area contributed by atoms with Crippen molar-refractivity contribution in [2.24, 2.45) is 0 Å².